The maximum atomic E-state index is 12.6. The van der Waals surface area contributed by atoms with Crippen LogP contribution < -0.4 is 11.1 Å². The zero-order valence-electron chi connectivity index (χ0n) is 24.5. The second-order valence-electron chi connectivity index (χ2n) is 11.9. The van der Waals surface area contributed by atoms with E-state index in [1.165, 1.54) is 0 Å². The van der Waals surface area contributed by atoms with Crippen molar-refractivity contribution in [3.05, 3.63) is 99.1 Å². The highest BCUT2D eigenvalue weighted by Crippen LogP contribution is 2.32. The Hall–Kier alpha value is -4.98. The van der Waals surface area contributed by atoms with Crippen molar-refractivity contribution in [1.29, 1.82) is 0 Å². The molecule has 216 valence electrons. The molecule has 42 heavy (non-hydrogen) atoms. The number of carbonyl (C=O) groups is 4. The molecule has 3 aromatic carbocycles. The van der Waals surface area contributed by atoms with Crippen LogP contribution in [0.1, 0.15) is 105 Å². The van der Waals surface area contributed by atoms with Crippen LogP contribution in [0.4, 0.5) is 5.69 Å². The lowest BCUT2D eigenvalue weighted by Crippen LogP contribution is -2.23. The van der Waals surface area contributed by atoms with Gasteiger partial charge in [-0.3, -0.25) is 14.9 Å². The van der Waals surface area contributed by atoms with Crippen LogP contribution >= 0.6 is 0 Å². The third-order valence-electron chi connectivity index (χ3n) is 6.11. The van der Waals surface area contributed by atoms with Crippen molar-refractivity contribution in [3.8, 4) is 0 Å². The van der Waals surface area contributed by atoms with E-state index in [4.69, 9.17) is 15.2 Å². The molecule has 0 radical (unpaired) electrons. The summed E-state index contributed by atoms with van der Waals surface area (Å²) in [5.41, 5.74) is 9.17. The first kappa shape index (κ1) is 30.0. The van der Waals surface area contributed by atoms with Gasteiger partial charge in [-0.1, -0.05) is 48.6 Å². The summed E-state index contributed by atoms with van der Waals surface area (Å²) < 4.78 is 10.8. The number of hydrogen-bond donors (Lipinski definition) is 2. The molecular weight excluding hydrogens is 532 g/mol. The first-order valence-corrected chi connectivity index (χ1v) is 13.5. The molecule has 4 rings (SSSR count). The Morgan fingerprint density at radius 2 is 1.05 bits per heavy atom. The van der Waals surface area contributed by atoms with Gasteiger partial charge in [-0.15, -0.1) is 0 Å². The van der Waals surface area contributed by atoms with Crippen molar-refractivity contribution in [2.24, 2.45) is 0 Å². The van der Waals surface area contributed by atoms with Crippen molar-refractivity contribution in [2.75, 3.05) is 5.73 Å². The summed E-state index contributed by atoms with van der Waals surface area (Å²) in [5.74, 6) is -1.90. The van der Waals surface area contributed by atoms with Crippen molar-refractivity contribution < 1.29 is 28.7 Å². The zero-order valence-corrected chi connectivity index (χ0v) is 24.5. The Balaban J connectivity index is 1.61. The molecule has 0 saturated carbocycles. The fourth-order valence-corrected chi connectivity index (χ4v) is 4.23. The number of imide groups is 1. The number of carbonyl (C=O) groups excluding carboxylic acids is 4. The Morgan fingerprint density at radius 3 is 1.48 bits per heavy atom. The number of anilines is 1. The molecule has 0 aliphatic carbocycles. The predicted octanol–water partition coefficient (Wildman–Crippen LogP) is 6.40. The number of nitrogen functional groups attached to an aromatic ring is 1. The van der Waals surface area contributed by atoms with Crippen LogP contribution in [0.5, 0.6) is 0 Å². The number of nitrogens with one attached hydrogen (secondary N) is 1. The van der Waals surface area contributed by atoms with Crippen molar-refractivity contribution in [1.82, 2.24) is 5.32 Å². The summed E-state index contributed by atoms with van der Waals surface area (Å²) in [5, 5.41) is 2.32. The number of ether oxygens (including phenoxy) is 2. The Bertz CT molecular complexity index is 1620. The number of amides is 2. The highest BCUT2D eigenvalue weighted by atomic mass is 16.6. The summed E-state index contributed by atoms with van der Waals surface area (Å²) in [6.07, 6.45) is 7.06. The Morgan fingerprint density at radius 1 is 0.643 bits per heavy atom. The van der Waals surface area contributed by atoms with E-state index < -0.39 is 35.0 Å². The highest BCUT2D eigenvalue weighted by molar-refractivity contribution is 6.25. The summed E-state index contributed by atoms with van der Waals surface area (Å²) >= 11 is 0. The molecule has 0 atom stereocenters. The largest absolute Gasteiger partial charge is 0.456 e. The normalized spacial score (nSPS) is 13.4. The number of esters is 2. The van der Waals surface area contributed by atoms with Gasteiger partial charge >= 0.3 is 11.9 Å². The van der Waals surface area contributed by atoms with Gasteiger partial charge in [-0.2, -0.15) is 0 Å². The average Bonchev–Trinajstić information content (AvgIpc) is 3.20. The monoisotopic (exact) mass is 566 g/mol. The van der Waals surface area contributed by atoms with Gasteiger partial charge in [0.15, 0.2) is 0 Å². The summed E-state index contributed by atoms with van der Waals surface area (Å²) in [6, 6.07) is 15.5. The number of benzene rings is 3. The Labute approximate surface area is 245 Å². The molecule has 1 aliphatic rings. The van der Waals surface area contributed by atoms with Crippen LogP contribution in [0.25, 0.3) is 24.3 Å². The molecule has 3 aromatic rings. The van der Waals surface area contributed by atoms with Crippen molar-refractivity contribution in [2.45, 2.75) is 52.7 Å². The fourth-order valence-electron chi connectivity index (χ4n) is 4.23. The summed E-state index contributed by atoms with van der Waals surface area (Å²) in [4.78, 5) is 49.9. The summed E-state index contributed by atoms with van der Waals surface area (Å²) in [7, 11) is 0. The average molecular weight is 567 g/mol. The van der Waals surface area contributed by atoms with Crippen LogP contribution in [0, 0.1) is 0 Å². The first-order valence-electron chi connectivity index (χ1n) is 13.5. The molecule has 0 spiro atoms. The van der Waals surface area contributed by atoms with Crippen LogP contribution in [0.3, 0.4) is 0 Å². The second kappa shape index (κ2) is 11.5. The molecule has 2 amide bonds. The first-order chi connectivity index (χ1) is 19.6. The minimum absolute atomic E-state index is 0.127. The lowest BCUT2D eigenvalue weighted by Gasteiger charge is -2.19. The van der Waals surface area contributed by atoms with Crippen molar-refractivity contribution >= 4 is 53.7 Å². The SMILES string of the molecule is CC(C)(C)OC(=O)c1ccc(C=Cc2cc(C=Cc3ccc(C(=O)OC(C)(C)C)cc3)c3c(c2N)C(=O)NC3=O)cc1. The van der Waals surface area contributed by atoms with Gasteiger partial charge < -0.3 is 15.2 Å². The molecule has 1 aliphatic heterocycles. The third-order valence-corrected chi connectivity index (χ3v) is 6.11. The Kier molecular flexibility index (Phi) is 8.20. The maximum Gasteiger partial charge on any atom is 0.338 e. The molecule has 0 saturated heterocycles. The third kappa shape index (κ3) is 7.20. The smallest absolute Gasteiger partial charge is 0.338 e. The number of rotatable bonds is 6. The lowest BCUT2D eigenvalue weighted by atomic mass is 9.95. The standard InChI is InChI=1S/C34H34N2O6/c1-33(2,3)41-31(39)22-13-7-20(8-14-22)11-17-24-19-25(28(35)27-26(24)29(37)36-30(27)38)18-12-21-9-15-23(16-10-21)32(40)42-34(4,5)6/h7-19H,35H2,1-6H3,(H,36,37,38). The fraction of sp³-hybridized carbons (Fsp3) is 0.235. The minimum Gasteiger partial charge on any atom is -0.456 e. The van der Waals surface area contributed by atoms with Crippen LogP contribution in [0.2, 0.25) is 0 Å². The molecule has 8 nitrogen and oxygen atoms in total. The van der Waals surface area contributed by atoms with Gasteiger partial charge in [0.25, 0.3) is 11.8 Å². The zero-order chi connectivity index (χ0) is 30.8. The van der Waals surface area contributed by atoms with Gasteiger partial charge in [0.05, 0.1) is 27.9 Å². The van der Waals surface area contributed by atoms with Gasteiger partial charge in [0.1, 0.15) is 11.2 Å². The van der Waals surface area contributed by atoms with Crippen LogP contribution in [-0.4, -0.2) is 35.0 Å². The van der Waals surface area contributed by atoms with E-state index in [-0.39, 0.29) is 16.8 Å². The van der Waals surface area contributed by atoms with Gasteiger partial charge in [-0.25, -0.2) is 9.59 Å². The predicted molar refractivity (Wildman–Crippen MR) is 164 cm³/mol. The van der Waals surface area contributed by atoms with E-state index >= 15 is 0 Å². The van der Waals surface area contributed by atoms with Crippen LogP contribution in [0.15, 0.2) is 54.6 Å². The van der Waals surface area contributed by atoms with E-state index in [0.29, 0.717) is 22.3 Å². The molecule has 3 N–H and O–H groups in total. The lowest BCUT2D eigenvalue weighted by molar-refractivity contribution is 0.00570. The molecule has 0 unspecified atom stereocenters. The van der Waals surface area contributed by atoms with E-state index in [0.717, 1.165) is 11.1 Å². The van der Waals surface area contributed by atoms with E-state index in [1.54, 1.807) is 99.7 Å². The minimum atomic E-state index is -0.598. The number of nitrogens with two attached hydrogens (primary N) is 1. The maximum absolute atomic E-state index is 12.6. The van der Waals surface area contributed by atoms with E-state index in [9.17, 15) is 19.2 Å². The molecule has 0 aromatic heterocycles. The highest BCUT2D eigenvalue weighted by Gasteiger charge is 2.32. The van der Waals surface area contributed by atoms with E-state index in [1.807, 2.05) is 20.8 Å². The van der Waals surface area contributed by atoms with Gasteiger partial charge in [-0.05, 0) is 94.1 Å². The second-order valence-corrected chi connectivity index (χ2v) is 11.9. The molecule has 0 bridgehead atoms. The quantitative estimate of drug-likeness (QED) is 0.153. The van der Waals surface area contributed by atoms with Crippen molar-refractivity contribution in [3.63, 3.8) is 0 Å². The molecule has 0 fully saturated rings. The van der Waals surface area contributed by atoms with Gasteiger partial charge in [0.2, 0.25) is 0 Å². The molecule has 1 heterocycles. The molecular formula is C34H34N2O6. The number of hydrogen-bond acceptors (Lipinski definition) is 7. The van der Waals surface area contributed by atoms with Gasteiger partial charge in [0, 0.05) is 0 Å². The summed E-state index contributed by atoms with van der Waals surface area (Å²) in [6.45, 7) is 10.8. The van der Waals surface area contributed by atoms with E-state index in [2.05, 4.69) is 5.32 Å². The topological polar surface area (TPSA) is 125 Å². The number of fused-ring (bicyclic) bond motifs is 1. The molecule has 8 heteroatoms. The van der Waals surface area contributed by atoms with Crippen LogP contribution in [-0.2, 0) is 9.47 Å².